The summed E-state index contributed by atoms with van der Waals surface area (Å²) in [5.74, 6) is 0.806. The maximum absolute atomic E-state index is 11.7. The molecule has 0 saturated heterocycles. The van der Waals surface area contributed by atoms with Crippen LogP contribution in [0.3, 0.4) is 0 Å². The van der Waals surface area contributed by atoms with E-state index in [1.54, 1.807) is 25.1 Å². The molecule has 0 bridgehead atoms. The first-order valence-electron chi connectivity index (χ1n) is 7.84. The van der Waals surface area contributed by atoms with Crippen LogP contribution < -0.4 is 10.1 Å². The van der Waals surface area contributed by atoms with E-state index in [-0.39, 0.29) is 6.61 Å². The summed E-state index contributed by atoms with van der Waals surface area (Å²) in [7, 11) is 0. The Balaban J connectivity index is 2.20. The lowest BCUT2D eigenvalue weighted by Gasteiger charge is -2.15. The van der Waals surface area contributed by atoms with E-state index in [1.165, 1.54) is 11.1 Å². The van der Waals surface area contributed by atoms with Crippen molar-refractivity contribution in [2.45, 2.75) is 34.3 Å². The normalized spacial score (nSPS) is 10.4. The highest BCUT2D eigenvalue weighted by Gasteiger charge is 2.12. The van der Waals surface area contributed by atoms with E-state index in [9.17, 15) is 4.79 Å². The van der Waals surface area contributed by atoms with Gasteiger partial charge in [-0.2, -0.15) is 0 Å². The molecule has 0 saturated carbocycles. The second-order valence-corrected chi connectivity index (χ2v) is 6.01. The summed E-state index contributed by atoms with van der Waals surface area (Å²) < 4.78 is 10.9. The van der Waals surface area contributed by atoms with Gasteiger partial charge < -0.3 is 9.47 Å². The number of hydrogen-bond donors (Lipinski definition) is 1. The molecule has 0 atom stereocenters. The standard InChI is InChI=1S/C19H22ClNO3/c1-5-23-19(22)21-17-8-6-7-16(20)15(17)11-24-18-10-13(3)12(2)9-14(18)4/h6-10H,5,11H2,1-4H3,(H,21,22). The molecule has 1 amide bonds. The van der Waals surface area contributed by atoms with E-state index in [2.05, 4.69) is 18.3 Å². The number of benzene rings is 2. The average Bonchev–Trinajstić information content (AvgIpc) is 2.51. The molecule has 24 heavy (non-hydrogen) atoms. The first kappa shape index (κ1) is 18.1. The molecule has 4 nitrogen and oxygen atoms in total. The molecular formula is C19H22ClNO3. The summed E-state index contributed by atoms with van der Waals surface area (Å²) in [5.41, 5.74) is 4.75. The lowest BCUT2D eigenvalue weighted by atomic mass is 10.1. The zero-order valence-electron chi connectivity index (χ0n) is 14.4. The molecule has 0 spiro atoms. The summed E-state index contributed by atoms with van der Waals surface area (Å²) >= 11 is 6.28. The molecule has 0 aliphatic heterocycles. The van der Waals surface area contributed by atoms with Crippen molar-refractivity contribution in [2.24, 2.45) is 0 Å². The van der Waals surface area contributed by atoms with Crippen LogP contribution in [0.5, 0.6) is 5.75 Å². The van der Waals surface area contributed by atoms with Gasteiger partial charge in [0.05, 0.1) is 12.3 Å². The van der Waals surface area contributed by atoms with Crippen molar-refractivity contribution in [3.8, 4) is 5.75 Å². The highest BCUT2D eigenvalue weighted by Crippen LogP contribution is 2.28. The number of hydrogen-bond acceptors (Lipinski definition) is 3. The number of carbonyl (C=O) groups is 1. The SMILES string of the molecule is CCOC(=O)Nc1cccc(Cl)c1COc1cc(C)c(C)cc1C. The van der Waals surface area contributed by atoms with Crippen LogP contribution >= 0.6 is 11.6 Å². The fourth-order valence-corrected chi connectivity index (χ4v) is 2.57. The Hall–Kier alpha value is -2.20. The molecule has 1 N–H and O–H groups in total. The van der Waals surface area contributed by atoms with Crippen LogP contribution in [0.25, 0.3) is 0 Å². The molecule has 2 aromatic rings. The highest BCUT2D eigenvalue weighted by molar-refractivity contribution is 6.31. The molecule has 0 unspecified atom stereocenters. The van der Waals surface area contributed by atoms with E-state index in [4.69, 9.17) is 21.1 Å². The van der Waals surface area contributed by atoms with Gasteiger partial charge in [-0.15, -0.1) is 0 Å². The third-order valence-corrected chi connectivity index (χ3v) is 4.15. The number of ether oxygens (including phenoxy) is 2. The third kappa shape index (κ3) is 4.42. The lowest BCUT2D eigenvalue weighted by molar-refractivity contribution is 0.168. The summed E-state index contributed by atoms with van der Waals surface area (Å²) in [6, 6.07) is 9.42. The minimum atomic E-state index is -0.511. The van der Waals surface area contributed by atoms with Gasteiger partial charge in [0.2, 0.25) is 0 Å². The topological polar surface area (TPSA) is 47.6 Å². The number of aryl methyl sites for hydroxylation is 3. The van der Waals surface area contributed by atoms with E-state index >= 15 is 0 Å². The van der Waals surface area contributed by atoms with Crippen LogP contribution in [0.1, 0.15) is 29.2 Å². The second kappa shape index (κ2) is 8.06. The van der Waals surface area contributed by atoms with Crippen LogP contribution in [-0.4, -0.2) is 12.7 Å². The van der Waals surface area contributed by atoms with E-state index in [0.717, 1.165) is 11.3 Å². The van der Waals surface area contributed by atoms with Crippen molar-refractivity contribution < 1.29 is 14.3 Å². The van der Waals surface area contributed by atoms with Crippen molar-refractivity contribution in [3.63, 3.8) is 0 Å². The zero-order chi connectivity index (χ0) is 17.7. The number of amides is 1. The molecule has 2 aromatic carbocycles. The van der Waals surface area contributed by atoms with Gasteiger partial charge in [-0.3, -0.25) is 5.32 Å². The minimum absolute atomic E-state index is 0.255. The first-order valence-corrected chi connectivity index (χ1v) is 8.22. The second-order valence-electron chi connectivity index (χ2n) is 5.60. The maximum atomic E-state index is 11.7. The fourth-order valence-electron chi connectivity index (χ4n) is 2.34. The van der Waals surface area contributed by atoms with Gasteiger partial charge in [0.25, 0.3) is 0 Å². The number of anilines is 1. The Morgan fingerprint density at radius 2 is 1.83 bits per heavy atom. The molecule has 2 rings (SSSR count). The zero-order valence-corrected chi connectivity index (χ0v) is 15.2. The minimum Gasteiger partial charge on any atom is -0.488 e. The Labute approximate surface area is 147 Å². The van der Waals surface area contributed by atoms with Crippen LogP contribution in [0.15, 0.2) is 30.3 Å². The van der Waals surface area contributed by atoms with Crippen LogP contribution in [0, 0.1) is 20.8 Å². The third-order valence-electron chi connectivity index (χ3n) is 3.79. The summed E-state index contributed by atoms with van der Waals surface area (Å²) in [6.45, 7) is 8.44. The van der Waals surface area contributed by atoms with Crippen molar-refractivity contribution >= 4 is 23.4 Å². The van der Waals surface area contributed by atoms with E-state index in [0.29, 0.717) is 22.9 Å². The molecular weight excluding hydrogens is 326 g/mol. The van der Waals surface area contributed by atoms with Gasteiger partial charge in [0.1, 0.15) is 12.4 Å². The molecule has 0 aliphatic rings. The average molecular weight is 348 g/mol. The summed E-state index contributed by atoms with van der Waals surface area (Å²) in [6.07, 6.45) is -0.511. The number of carbonyl (C=O) groups excluding carboxylic acids is 1. The molecule has 0 fully saturated rings. The lowest BCUT2D eigenvalue weighted by Crippen LogP contribution is -2.15. The molecule has 128 valence electrons. The molecule has 5 heteroatoms. The predicted octanol–water partition coefficient (Wildman–Crippen LogP) is 5.41. The molecule has 0 radical (unpaired) electrons. The number of rotatable bonds is 5. The van der Waals surface area contributed by atoms with E-state index in [1.807, 2.05) is 19.9 Å². The van der Waals surface area contributed by atoms with Gasteiger partial charge in [-0.25, -0.2) is 4.79 Å². The molecule has 0 aromatic heterocycles. The van der Waals surface area contributed by atoms with Gasteiger partial charge >= 0.3 is 6.09 Å². The summed E-state index contributed by atoms with van der Waals surface area (Å²) in [4.78, 5) is 11.7. The fraction of sp³-hybridized carbons (Fsp3) is 0.316. The van der Waals surface area contributed by atoms with E-state index < -0.39 is 6.09 Å². The highest BCUT2D eigenvalue weighted by atomic mass is 35.5. The van der Waals surface area contributed by atoms with Crippen LogP contribution in [0.4, 0.5) is 10.5 Å². The number of halogens is 1. The Kier molecular flexibility index (Phi) is 6.10. The van der Waals surface area contributed by atoms with Crippen LogP contribution in [0.2, 0.25) is 5.02 Å². The Morgan fingerprint density at radius 1 is 1.12 bits per heavy atom. The largest absolute Gasteiger partial charge is 0.488 e. The number of nitrogens with one attached hydrogen (secondary N) is 1. The Morgan fingerprint density at radius 3 is 2.54 bits per heavy atom. The monoisotopic (exact) mass is 347 g/mol. The van der Waals surface area contributed by atoms with Gasteiger partial charge in [-0.05, 0) is 62.6 Å². The maximum Gasteiger partial charge on any atom is 0.411 e. The van der Waals surface area contributed by atoms with Gasteiger partial charge in [0, 0.05) is 10.6 Å². The smallest absolute Gasteiger partial charge is 0.411 e. The Bertz CT molecular complexity index is 744. The first-order chi connectivity index (χ1) is 11.4. The van der Waals surface area contributed by atoms with Crippen molar-refractivity contribution in [1.82, 2.24) is 0 Å². The molecule has 0 heterocycles. The van der Waals surface area contributed by atoms with Crippen LogP contribution in [-0.2, 0) is 11.3 Å². The quantitative estimate of drug-likeness (QED) is 0.786. The van der Waals surface area contributed by atoms with Crippen molar-refractivity contribution in [2.75, 3.05) is 11.9 Å². The van der Waals surface area contributed by atoms with Gasteiger partial charge in [0.15, 0.2) is 0 Å². The molecule has 0 aliphatic carbocycles. The van der Waals surface area contributed by atoms with Gasteiger partial charge in [-0.1, -0.05) is 23.7 Å². The van der Waals surface area contributed by atoms with Crippen molar-refractivity contribution in [1.29, 1.82) is 0 Å². The summed E-state index contributed by atoms with van der Waals surface area (Å²) in [5, 5.41) is 3.23. The van der Waals surface area contributed by atoms with Crippen molar-refractivity contribution in [3.05, 3.63) is 57.6 Å². The predicted molar refractivity (Wildman–Crippen MR) is 97.1 cm³/mol.